The molecule has 0 heterocycles. The van der Waals surface area contributed by atoms with E-state index in [1.54, 1.807) is 24.3 Å². The molecule has 0 fully saturated rings. The van der Waals surface area contributed by atoms with Crippen LogP contribution in [0.3, 0.4) is 0 Å². The molecule has 6 heteroatoms. The Kier molecular flexibility index (Phi) is 15.3. The summed E-state index contributed by atoms with van der Waals surface area (Å²) in [5, 5.41) is 4.44. The first-order valence-corrected chi connectivity index (χ1v) is 16.9. The van der Waals surface area contributed by atoms with E-state index in [2.05, 4.69) is 81.7 Å². The molecule has 0 bridgehead atoms. The highest BCUT2D eigenvalue weighted by Gasteiger charge is 2.13. The second-order valence-corrected chi connectivity index (χ2v) is 13.4. The molecule has 0 spiro atoms. The molecule has 0 amide bonds. The van der Waals surface area contributed by atoms with E-state index in [1.165, 1.54) is 5.57 Å². The van der Waals surface area contributed by atoms with Crippen molar-refractivity contribution in [3.8, 4) is 16.9 Å². The predicted octanol–water partition coefficient (Wildman–Crippen LogP) is 11.6. The normalized spacial score (nSPS) is 13.2. The zero-order chi connectivity index (χ0) is 35.8. The van der Waals surface area contributed by atoms with E-state index in [1.807, 2.05) is 62.4 Å². The Morgan fingerprint density at radius 1 is 0.939 bits per heavy atom. The third kappa shape index (κ3) is 13.1. The molecule has 3 aromatic carbocycles. The highest BCUT2D eigenvalue weighted by molar-refractivity contribution is 6.35. The van der Waals surface area contributed by atoms with Crippen molar-refractivity contribution in [2.45, 2.75) is 41.0 Å². The van der Waals surface area contributed by atoms with Gasteiger partial charge in [0.05, 0.1) is 11.6 Å². The molecule has 0 atom stereocenters. The van der Waals surface area contributed by atoms with Gasteiger partial charge in [0, 0.05) is 28.3 Å². The first-order chi connectivity index (χ1) is 23.4. The van der Waals surface area contributed by atoms with Crippen molar-refractivity contribution in [2.24, 2.45) is 10.4 Å². The molecule has 4 nitrogen and oxygen atoms in total. The molecule has 254 valence electrons. The first-order valence-electron chi connectivity index (χ1n) is 16.2. The van der Waals surface area contributed by atoms with Gasteiger partial charge in [-0.3, -0.25) is 9.79 Å². The van der Waals surface area contributed by atoms with Crippen LogP contribution in [-0.2, 0) is 11.2 Å². The largest absolute Gasteiger partial charge is 0.490 e. The van der Waals surface area contributed by atoms with Crippen LogP contribution in [0.2, 0.25) is 10.0 Å². The zero-order valence-corrected chi connectivity index (χ0v) is 30.6. The Morgan fingerprint density at radius 3 is 2.20 bits per heavy atom. The molecule has 0 aliphatic rings. The van der Waals surface area contributed by atoms with Gasteiger partial charge in [0.1, 0.15) is 24.5 Å². The van der Waals surface area contributed by atoms with Crippen molar-refractivity contribution >= 4 is 41.0 Å². The summed E-state index contributed by atoms with van der Waals surface area (Å²) in [5.74, 6) is 1.54. The predicted molar refractivity (Wildman–Crippen MR) is 212 cm³/mol. The minimum absolute atomic E-state index is 0.0379. The Morgan fingerprint density at radius 2 is 1.61 bits per heavy atom. The molecule has 0 saturated carbocycles. The number of hydrogen-bond donors (Lipinski definition) is 1. The molecular formula is C43H46Cl2N2O2. The van der Waals surface area contributed by atoms with Crippen molar-refractivity contribution in [3.05, 3.63) is 166 Å². The van der Waals surface area contributed by atoms with Gasteiger partial charge in [0.2, 0.25) is 0 Å². The minimum Gasteiger partial charge on any atom is -0.490 e. The Balaban J connectivity index is 1.74. The number of ether oxygens (including phenoxy) is 1. The van der Waals surface area contributed by atoms with Crippen LogP contribution >= 0.6 is 23.2 Å². The molecule has 49 heavy (non-hydrogen) atoms. The number of rotatable bonds is 15. The fourth-order valence-corrected chi connectivity index (χ4v) is 5.23. The summed E-state index contributed by atoms with van der Waals surface area (Å²) in [6.07, 6.45) is 16.6. The zero-order valence-electron chi connectivity index (χ0n) is 29.1. The molecule has 0 aliphatic carbocycles. The van der Waals surface area contributed by atoms with Crippen molar-refractivity contribution in [1.82, 2.24) is 5.32 Å². The maximum atomic E-state index is 11.3. The van der Waals surface area contributed by atoms with Gasteiger partial charge in [-0.2, -0.15) is 0 Å². The molecule has 3 aromatic rings. The van der Waals surface area contributed by atoms with Gasteiger partial charge in [-0.1, -0.05) is 142 Å². The minimum atomic E-state index is 0.0379. The SMILES string of the molecule is C=C/C=C(\C=C/COc1ccc(-c2ccc(CC(=NC/C(C)=C/C=C(C=O)\C=C/C)NC(=C)c3ccc(Cl)cc3Cl)cc2)cc1)C(C)(C)C. The number of amidine groups is 1. The van der Waals surface area contributed by atoms with E-state index in [-0.39, 0.29) is 5.41 Å². The van der Waals surface area contributed by atoms with Gasteiger partial charge in [-0.05, 0) is 77.9 Å². The van der Waals surface area contributed by atoms with E-state index >= 15 is 0 Å². The number of aldehydes is 1. The molecule has 0 aromatic heterocycles. The fraction of sp³-hybridized carbons (Fsp3) is 0.209. The number of carbonyl (C=O) groups is 1. The second kappa shape index (κ2) is 19.4. The number of nitrogens with zero attached hydrogens (tertiary/aromatic N) is 1. The van der Waals surface area contributed by atoms with Gasteiger partial charge >= 0.3 is 0 Å². The first kappa shape index (κ1) is 38.8. The lowest BCUT2D eigenvalue weighted by Crippen LogP contribution is -2.24. The van der Waals surface area contributed by atoms with Gasteiger partial charge in [0.15, 0.2) is 0 Å². The van der Waals surface area contributed by atoms with E-state index in [4.69, 9.17) is 32.9 Å². The highest BCUT2D eigenvalue weighted by atomic mass is 35.5. The number of halogens is 2. The van der Waals surface area contributed by atoms with Crippen LogP contribution in [0.25, 0.3) is 16.8 Å². The molecule has 0 unspecified atom stereocenters. The number of benzene rings is 3. The Bertz CT molecular complexity index is 1780. The van der Waals surface area contributed by atoms with Gasteiger partial charge in [-0.15, -0.1) is 0 Å². The van der Waals surface area contributed by atoms with Crippen LogP contribution in [0, 0.1) is 5.41 Å². The van der Waals surface area contributed by atoms with E-state index in [0.717, 1.165) is 45.7 Å². The topological polar surface area (TPSA) is 50.7 Å². The second-order valence-electron chi connectivity index (χ2n) is 12.5. The monoisotopic (exact) mass is 692 g/mol. The van der Waals surface area contributed by atoms with Crippen molar-refractivity contribution in [3.63, 3.8) is 0 Å². The van der Waals surface area contributed by atoms with Crippen molar-refractivity contribution in [1.29, 1.82) is 0 Å². The molecular weight excluding hydrogens is 647 g/mol. The number of nitrogens with one attached hydrogen (secondary N) is 1. The van der Waals surface area contributed by atoms with Crippen LogP contribution < -0.4 is 10.1 Å². The lowest BCUT2D eigenvalue weighted by Gasteiger charge is -2.19. The van der Waals surface area contributed by atoms with Crippen LogP contribution in [0.1, 0.15) is 45.7 Å². The fourth-order valence-electron chi connectivity index (χ4n) is 4.71. The molecule has 3 rings (SSSR count). The number of hydrogen-bond acceptors (Lipinski definition) is 3. The summed E-state index contributed by atoms with van der Waals surface area (Å²) in [4.78, 5) is 16.2. The van der Waals surface area contributed by atoms with Crippen LogP contribution in [-0.4, -0.2) is 25.3 Å². The average Bonchev–Trinajstić information content (AvgIpc) is 3.07. The van der Waals surface area contributed by atoms with E-state index in [0.29, 0.717) is 40.9 Å². The smallest absolute Gasteiger partial charge is 0.150 e. The van der Waals surface area contributed by atoms with Gasteiger partial charge < -0.3 is 10.1 Å². The van der Waals surface area contributed by atoms with Crippen LogP contribution in [0.4, 0.5) is 0 Å². The number of carbonyl (C=O) groups excluding carboxylic acids is 1. The summed E-state index contributed by atoms with van der Waals surface area (Å²) >= 11 is 12.6. The van der Waals surface area contributed by atoms with Gasteiger partial charge in [0.25, 0.3) is 0 Å². The molecule has 0 aliphatic heterocycles. The summed E-state index contributed by atoms with van der Waals surface area (Å²) in [6.45, 7) is 19.3. The Hall–Kier alpha value is -4.64. The van der Waals surface area contributed by atoms with E-state index in [9.17, 15) is 4.79 Å². The van der Waals surface area contributed by atoms with Crippen LogP contribution in [0.15, 0.2) is 150 Å². The Labute approximate surface area is 302 Å². The molecule has 1 N–H and O–H groups in total. The maximum Gasteiger partial charge on any atom is 0.150 e. The molecule has 0 radical (unpaired) electrons. The molecule has 0 saturated heterocycles. The van der Waals surface area contributed by atoms with Crippen molar-refractivity contribution < 1.29 is 9.53 Å². The lowest BCUT2D eigenvalue weighted by atomic mass is 9.86. The third-order valence-corrected chi connectivity index (χ3v) is 7.99. The summed E-state index contributed by atoms with van der Waals surface area (Å²) in [7, 11) is 0. The average molecular weight is 694 g/mol. The lowest BCUT2D eigenvalue weighted by molar-refractivity contribution is -0.104. The standard InChI is InChI=1S/C43H46Cl2N2O2/c1-8-11-34(30-48)15-14-31(3)29-46-42(47-32(4)40-25-22-38(44)28-41(40)45)27-33-16-18-35(19-17-33)36-20-23-39(24-21-36)49-26-10-13-37(12-9-2)43(5,6)7/h8-25,28,30H,2,4,26-27,29H2,1,3,5-7H3,(H,46,47)/b11-8-,13-10-,31-14+,34-15+,37-12+. The number of aliphatic imine (C=N–C) groups is 1. The summed E-state index contributed by atoms with van der Waals surface area (Å²) in [5.41, 5.74) is 7.46. The summed E-state index contributed by atoms with van der Waals surface area (Å²) < 4.78 is 5.95. The highest BCUT2D eigenvalue weighted by Crippen LogP contribution is 2.27. The quantitative estimate of drug-likeness (QED) is 0.0567. The summed E-state index contributed by atoms with van der Waals surface area (Å²) in [6, 6.07) is 21.8. The van der Waals surface area contributed by atoms with Crippen molar-refractivity contribution in [2.75, 3.05) is 13.2 Å². The van der Waals surface area contributed by atoms with Crippen LogP contribution in [0.5, 0.6) is 5.75 Å². The van der Waals surface area contributed by atoms with Gasteiger partial charge in [-0.25, -0.2) is 0 Å². The van der Waals surface area contributed by atoms with E-state index < -0.39 is 0 Å². The third-order valence-electron chi connectivity index (χ3n) is 7.45. The maximum absolute atomic E-state index is 11.3. The number of allylic oxidation sites excluding steroid dienone is 9.